The van der Waals surface area contributed by atoms with Crippen molar-refractivity contribution in [2.24, 2.45) is 0 Å². The van der Waals surface area contributed by atoms with E-state index in [1.54, 1.807) is 0 Å². The highest BCUT2D eigenvalue weighted by atomic mass is 35.5. The zero-order valence-electron chi connectivity index (χ0n) is 16.5. The molecule has 0 spiro atoms. The van der Waals surface area contributed by atoms with Gasteiger partial charge in [-0.2, -0.15) is 11.8 Å². The van der Waals surface area contributed by atoms with Gasteiger partial charge in [0.1, 0.15) is 0 Å². The average molecular weight is 434 g/mol. The lowest BCUT2D eigenvalue weighted by Crippen LogP contribution is -2.27. The number of aryl methyl sites for hydroxylation is 2. The summed E-state index contributed by atoms with van der Waals surface area (Å²) in [5.74, 6) is 1.64. The molecule has 28 heavy (non-hydrogen) atoms. The molecule has 1 aliphatic rings. The van der Waals surface area contributed by atoms with Crippen molar-refractivity contribution >= 4 is 46.7 Å². The molecule has 0 bridgehead atoms. The number of nitrogens with one attached hydrogen (secondary N) is 1. The topological polar surface area (TPSA) is 29.1 Å². The van der Waals surface area contributed by atoms with Crippen LogP contribution in [-0.4, -0.2) is 22.2 Å². The molecular weight excluding hydrogens is 406 g/mol. The molecule has 2 unspecified atom stereocenters. The van der Waals surface area contributed by atoms with Crippen molar-refractivity contribution in [2.75, 3.05) is 11.1 Å². The summed E-state index contributed by atoms with van der Waals surface area (Å²) in [6.45, 7) is 4.08. The number of carbonyl (C=O) groups excluding carboxylic acids is 1. The number of para-hydroxylation sites is 1. The summed E-state index contributed by atoms with van der Waals surface area (Å²) in [4.78, 5) is 12.5. The molecule has 1 amide bonds. The molecule has 1 fully saturated rings. The first-order valence-corrected chi connectivity index (χ1v) is 12.3. The molecule has 0 aliphatic heterocycles. The largest absolute Gasteiger partial charge is 0.325 e. The van der Waals surface area contributed by atoms with Gasteiger partial charge in [0.05, 0.1) is 5.75 Å². The highest BCUT2D eigenvalue weighted by Crippen LogP contribution is 2.37. The predicted octanol–water partition coefficient (Wildman–Crippen LogP) is 6.87. The fourth-order valence-electron chi connectivity index (χ4n) is 3.60. The second-order valence-electron chi connectivity index (χ2n) is 7.42. The van der Waals surface area contributed by atoms with E-state index in [-0.39, 0.29) is 5.91 Å². The highest BCUT2D eigenvalue weighted by molar-refractivity contribution is 8.03. The van der Waals surface area contributed by atoms with Crippen LogP contribution in [0.15, 0.2) is 42.5 Å². The normalized spacial score (nSPS) is 19.4. The lowest BCUT2D eigenvalue weighted by Gasteiger charge is -2.30. The second kappa shape index (κ2) is 10.6. The van der Waals surface area contributed by atoms with E-state index in [0.29, 0.717) is 16.3 Å². The first-order valence-electron chi connectivity index (χ1n) is 9.86. The van der Waals surface area contributed by atoms with E-state index in [0.717, 1.165) is 27.6 Å². The van der Waals surface area contributed by atoms with Crippen LogP contribution in [0.25, 0.3) is 0 Å². The number of benzene rings is 2. The molecule has 0 saturated heterocycles. The molecule has 2 atom stereocenters. The van der Waals surface area contributed by atoms with Crippen LogP contribution in [0.5, 0.6) is 0 Å². The van der Waals surface area contributed by atoms with Gasteiger partial charge in [0, 0.05) is 27.0 Å². The first kappa shape index (κ1) is 21.6. The molecule has 0 aromatic heterocycles. The highest BCUT2D eigenvalue weighted by Gasteiger charge is 2.26. The SMILES string of the molecule is Cc1cccc(C)c1NC(=O)CSC1CCCCC1SCc1ccc(Cl)cc1. The van der Waals surface area contributed by atoms with Crippen LogP contribution in [0, 0.1) is 13.8 Å². The first-order chi connectivity index (χ1) is 13.5. The van der Waals surface area contributed by atoms with Crippen molar-refractivity contribution in [1.82, 2.24) is 0 Å². The van der Waals surface area contributed by atoms with Gasteiger partial charge in [0.15, 0.2) is 0 Å². The van der Waals surface area contributed by atoms with Gasteiger partial charge in [-0.3, -0.25) is 4.79 Å². The number of carbonyl (C=O) groups is 1. The molecule has 0 radical (unpaired) electrons. The van der Waals surface area contributed by atoms with Crippen LogP contribution in [0.3, 0.4) is 0 Å². The van der Waals surface area contributed by atoms with E-state index in [9.17, 15) is 4.79 Å². The summed E-state index contributed by atoms with van der Waals surface area (Å²) in [7, 11) is 0. The molecule has 1 aliphatic carbocycles. The molecule has 2 aromatic rings. The molecule has 2 nitrogen and oxygen atoms in total. The molecular formula is C23H28ClNOS2. The van der Waals surface area contributed by atoms with Crippen molar-refractivity contribution < 1.29 is 4.79 Å². The van der Waals surface area contributed by atoms with Crippen LogP contribution in [-0.2, 0) is 10.5 Å². The summed E-state index contributed by atoms with van der Waals surface area (Å²) < 4.78 is 0. The van der Waals surface area contributed by atoms with E-state index in [4.69, 9.17) is 11.6 Å². The molecule has 2 aromatic carbocycles. The van der Waals surface area contributed by atoms with Gasteiger partial charge in [-0.1, -0.05) is 54.8 Å². The van der Waals surface area contributed by atoms with Gasteiger partial charge < -0.3 is 5.32 Å². The number of rotatable bonds is 7. The minimum Gasteiger partial charge on any atom is -0.325 e. The molecule has 150 valence electrons. The molecule has 3 rings (SSSR count). The summed E-state index contributed by atoms with van der Waals surface area (Å²) in [5.41, 5.74) is 4.52. The number of thioether (sulfide) groups is 2. The maximum Gasteiger partial charge on any atom is 0.234 e. The monoisotopic (exact) mass is 433 g/mol. The number of amides is 1. The second-order valence-corrected chi connectivity index (χ2v) is 10.3. The molecule has 1 N–H and O–H groups in total. The van der Waals surface area contributed by atoms with Crippen molar-refractivity contribution in [2.45, 2.75) is 55.8 Å². The summed E-state index contributed by atoms with van der Waals surface area (Å²) in [6.07, 6.45) is 5.02. The van der Waals surface area contributed by atoms with Gasteiger partial charge in [-0.05, 0) is 55.5 Å². The Hall–Kier alpha value is -1.10. The van der Waals surface area contributed by atoms with Crippen LogP contribution in [0.2, 0.25) is 5.02 Å². The Balaban J connectivity index is 1.51. The van der Waals surface area contributed by atoms with Crippen LogP contribution >= 0.6 is 35.1 Å². The molecule has 5 heteroatoms. The Kier molecular flexibility index (Phi) is 8.19. The third kappa shape index (κ3) is 6.20. The van der Waals surface area contributed by atoms with E-state index in [1.807, 2.05) is 67.7 Å². The van der Waals surface area contributed by atoms with E-state index < -0.39 is 0 Å². The summed E-state index contributed by atoms with van der Waals surface area (Å²) in [6, 6.07) is 14.3. The van der Waals surface area contributed by atoms with Crippen LogP contribution in [0.1, 0.15) is 42.4 Å². The summed E-state index contributed by atoms with van der Waals surface area (Å²) in [5, 5.41) is 5.07. The fraction of sp³-hybridized carbons (Fsp3) is 0.435. The van der Waals surface area contributed by atoms with Gasteiger partial charge in [0.2, 0.25) is 5.91 Å². The quantitative estimate of drug-likeness (QED) is 0.516. The van der Waals surface area contributed by atoms with E-state index in [2.05, 4.69) is 17.4 Å². The van der Waals surface area contributed by atoms with E-state index >= 15 is 0 Å². The number of hydrogen-bond donors (Lipinski definition) is 1. The minimum atomic E-state index is 0.106. The maximum absolute atomic E-state index is 12.5. The zero-order valence-corrected chi connectivity index (χ0v) is 18.9. The van der Waals surface area contributed by atoms with Gasteiger partial charge >= 0.3 is 0 Å². The Morgan fingerprint density at radius 2 is 1.61 bits per heavy atom. The fourth-order valence-corrected chi connectivity index (χ4v) is 6.60. The Labute approximate surface area is 182 Å². The van der Waals surface area contributed by atoms with Crippen molar-refractivity contribution in [1.29, 1.82) is 0 Å². The van der Waals surface area contributed by atoms with Crippen LogP contribution in [0.4, 0.5) is 5.69 Å². The minimum absolute atomic E-state index is 0.106. The Morgan fingerprint density at radius 3 is 2.25 bits per heavy atom. The lowest BCUT2D eigenvalue weighted by molar-refractivity contribution is -0.113. The van der Waals surface area contributed by atoms with Gasteiger partial charge in [0.25, 0.3) is 0 Å². The lowest BCUT2D eigenvalue weighted by atomic mass is 10.00. The van der Waals surface area contributed by atoms with Gasteiger partial charge in [-0.15, -0.1) is 11.8 Å². The smallest absolute Gasteiger partial charge is 0.234 e. The van der Waals surface area contributed by atoms with Gasteiger partial charge in [-0.25, -0.2) is 0 Å². The Bertz CT molecular complexity index is 773. The predicted molar refractivity (Wildman–Crippen MR) is 126 cm³/mol. The third-order valence-electron chi connectivity index (χ3n) is 5.19. The number of halogens is 1. The number of hydrogen-bond acceptors (Lipinski definition) is 3. The van der Waals surface area contributed by atoms with E-state index in [1.165, 1.54) is 31.2 Å². The van der Waals surface area contributed by atoms with Crippen molar-refractivity contribution in [3.63, 3.8) is 0 Å². The van der Waals surface area contributed by atoms with Crippen molar-refractivity contribution in [3.8, 4) is 0 Å². The maximum atomic E-state index is 12.5. The number of anilines is 1. The molecule has 0 heterocycles. The Morgan fingerprint density at radius 1 is 1.00 bits per heavy atom. The third-order valence-corrected chi connectivity index (χ3v) is 8.53. The molecule has 1 saturated carbocycles. The van der Waals surface area contributed by atoms with Crippen molar-refractivity contribution in [3.05, 3.63) is 64.2 Å². The standard InChI is InChI=1S/C23H28ClNOS2/c1-16-6-5-7-17(2)23(16)25-22(26)15-28-21-9-4-3-8-20(21)27-14-18-10-12-19(24)13-11-18/h5-7,10-13,20-21H,3-4,8-9,14-15H2,1-2H3,(H,25,26). The zero-order chi connectivity index (χ0) is 19.9. The summed E-state index contributed by atoms with van der Waals surface area (Å²) >= 11 is 9.84. The average Bonchev–Trinajstić information content (AvgIpc) is 2.69. The van der Waals surface area contributed by atoms with Crippen LogP contribution < -0.4 is 5.32 Å².